The highest BCUT2D eigenvalue weighted by Crippen LogP contribution is 2.32. The van der Waals surface area contributed by atoms with Crippen LogP contribution < -0.4 is 0 Å². The molecule has 0 aromatic heterocycles. The largest absolute Gasteiger partial charge is 0.466 e. The maximum Gasteiger partial charge on any atom is 0.302 e. The molecular weight excluding hydrogens is 220 g/mol. The van der Waals surface area contributed by atoms with Crippen LogP contribution in [0, 0.1) is 11.8 Å². The molecule has 0 spiro atoms. The van der Waals surface area contributed by atoms with E-state index in [1.54, 1.807) is 0 Å². The third-order valence-electron chi connectivity index (χ3n) is 3.26. The summed E-state index contributed by atoms with van der Waals surface area (Å²) in [6.45, 7) is 10.6. The highest BCUT2D eigenvalue weighted by atomic mass is 16.7. The van der Waals surface area contributed by atoms with Gasteiger partial charge in [0, 0.05) is 6.92 Å². The van der Waals surface area contributed by atoms with Gasteiger partial charge in [-0.1, -0.05) is 20.3 Å². The number of carbonyl (C=O) groups is 1. The Bertz CT molecular complexity index is 262. The van der Waals surface area contributed by atoms with Gasteiger partial charge in [-0.05, 0) is 25.7 Å². The Hall–Kier alpha value is -0.610. The summed E-state index contributed by atoms with van der Waals surface area (Å²) in [6, 6.07) is 0. The molecule has 0 saturated carbocycles. The van der Waals surface area contributed by atoms with Crippen molar-refractivity contribution in [2.75, 3.05) is 13.2 Å². The van der Waals surface area contributed by atoms with E-state index in [0.29, 0.717) is 19.1 Å². The van der Waals surface area contributed by atoms with E-state index in [-0.39, 0.29) is 18.0 Å². The predicted molar refractivity (Wildman–Crippen MR) is 64.5 cm³/mol. The summed E-state index contributed by atoms with van der Waals surface area (Å²) in [4.78, 5) is 10.8. The second kappa shape index (κ2) is 5.83. The highest BCUT2D eigenvalue weighted by molar-refractivity contribution is 5.65. The van der Waals surface area contributed by atoms with Crippen molar-refractivity contribution in [2.24, 2.45) is 11.8 Å². The van der Waals surface area contributed by atoms with E-state index in [1.165, 1.54) is 6.92 Å². The van der Waals surface area contributed by atoms with Gasteiger partial charge >= 0.3 is 5.97 Å². The Labute approximate surface area is 104 Å². The maximum atomic E-state index is 10.8. The lowest BCUT2D eigenvalue weighted by atomic mass is 9.87. The molecule has 0 N–H and O–H groups in total. The van der Waals surface area contributed by atoms with Gasteiger partial charge in [0.1, 0.15) is 0 Å². The van der Waals surface area contributed by atoms with Crippen LogP contribution in [0.25, 0.3) is 0 Å². The number of esters is 1. The summed E-state index contributed by atoms with van der Waals surface area (Å²) in [6.07, 6.45) is 1.09. The van der Waals surface area contributed by atoms with E-state index >= 15 is 0 Å². The van der Waals surface area contributed by atoms with Gasteiger partial charge in [0.2, 0.25) is 0 Å². The minimum atomic E-state index is -0.487. The molecule has 1 aliphatic heterocycles. The van der Waals surface area contributed by atoms with Crippen molar-refractivity contribution in [1.29, 1.82) is 0 Å². The zero-order valence-corrected chi connectivity index (χ0v) is 11.5. The molecule has 0 aromatic rings. The fourth-order valence-corrected chi connectivity index (χ4v) is 2.33. The first-order valence-electron chi connectivity index (χ1n) is 6.31. The number of carbonyl (C=O) groups excluding carboxylic acids is 1. The quantitative estimate of drug-likeness (QED) is 0.696. The fourth-order valence-electron chi connectivity index (χ4n) is 2.33. The van der Waals surface area contributed by atoms with Crippen LogP contribution in [0.4, 0.5) is 0 Å². The van der Waals surface area contributed by atoms with Gasteiger partial charge in [-0.25, -0.2) is 0 Å². The molecule has 3 atom stereocenters. The summed E-state index contributed by atoms with van der Waals surface area (Å²) in [7, 11) is 0. The second-order valence-corrected chi connectivity index (χ2v) is 5.22. The van der Waals surface area contributed by atoms with Crippen molar-refractivity contribution in [1.82, 2.24) is 0 Å². The molecule has 17 heavy (non-hydrogen) atoms. The molecule has 0 radical (unpaired) electrons. The number of hydrogen-bond donors (Lipinski definition) is 0. The molecule has 0 amide bonds. The van der Waals surface area contributed by atoms with Crippen molar-refractivity contribution in [3.63, 3.8) is 0 Å². The Morgan fingerprint density at radius 3 is 2.59 bits per heavy atom. The molecule has 4 nitrogen and oxygen atoms in total. The molecule has 0 aliphatic carbocycles. The second-order valence-electron chi connectivity index (χ2n) is 5.22. The van der Waals surface area contributed by atoms with Gasteiger partial charge in [-0.15, -0.1) is 0 Å². The van der Waals surface area contributed by atoms with Crippen LogP contribution in [-0.4, -0.2) is 31.1 Å². The zero-order chi connectivity index (χ0) is 13.1. The minimum absolute atomic E-state index is 0.0977. The van der Waals surface area contributed by atoms with E-state index < -0.39 is 5.79 Å². The van der Waals surface area contributed by atoms with E-state index in [2.05, 4.69) is 13.8 Å². The van der Waals surface area contributed by atoms with Gasteiger partial charge in [-0.3, -0.25) is 4.79 Å². The van der Waals surface area contributed by atoms with E-state index in [1.807, 2.05) is 13.8 Å². The molecule has 1 aliphatic rings. The first-order valence-corrected chi connectivity index (χ1v) is 6.31. The van der Waals surface area contributed by atoms with Crippen LogP contribution in [0.15, 0.2) is 0 Å². The molecule has 100 valence electrons. The monoisotopic (exact) mass is 244 g/mol. The van der Waals surface area contributed by atoms with Gasteiger partial charge in [0.25, 0.3) is 0 Å². The van der Waals surface area contributed by atoms with Crippen LogP contribution in [0.3, 0.4) is 0 Å². The number of rotatable bonds is 5. The third-order valence-corrected chi connectivity index (χ3v) is 3.26. The van der Waals surface area contributed by atoms with Crippen LogP contribution in [-0.2, 0) is 19.0 Å². The lowest BCUT2D eigenvalue weighted by Gasteiger charge is -2.27. The highest BCUT2D eigenvalue weighted by Gasteiger charge is 2.38. The minimum Gasteiger partial charge on any atom is -0.466 e. The summed E-state index contributed by atoms with van der Waals surface area (Å²) >= 11 is 0. The summed E-state index contributed by atoms with van der Waals surface area (Å²) < 4.78 is 16.5. The van der Waals surface area contributed by atoms with Crippen molar-refractivity contribution in [2.45, 2.75) is 52.9 Å². The predicted octanol–water partition coefficient (Wildman–Crippen LogP) is 2.36. The first kappa shape index (κ1) is 14.5. The van der Waals surface area contributed by atoms with Crippen LogP contribution >= 0.6 is 0 Å². The molecule has 1 saturated heterocycles. The normalized spacial score (nSPS) is 26.5. The molecule has 1 rings (SSSR count). The maximum absolute atomic E-state index is 10.8. The fraction of sp³-hybridized carbons (Fsp3) is 0.923. The number of ether oxygens (including phenoxy) is 3. The summed E-state index contributed by atoms with van der Waals surface area (Å²) in [5.74, 6) is -0.0719. The van der Waals surface area contributed by atoms with Gasteiger partial charge in [0.15, 0.2) is 5.79 Å². The first-order chi connectivity index (χ1) is 7.85. The Morgan fingerprint density at radius 1 is 1.53 bits per heavy atom. The summed E-state index contributed by atoms with van der Waals surface area (Å²) in [5, 5.41) is 0. The molecule has 4 heteroatoms. The topological polar surface area (TPSA) is 44.8 Å². The lowest BCUT2D eigenvalue weighted by Crippen LogP contribution is -2.32. The van der Waals surface area contributed by atoms with Gasteiger partial charge < -0.3 is 14.2 Å². The molecule has 2 unspecified atom stereocenters. The van der Waals surface area contributed by atoms with Crippen molar-refractivity contribution in [3.05, 3.63) is 0 Å². The lowest BCUT2D eigenvalue weighted by molar-refractivity contribution is -0.152. The van der Waals surface area contributed by atoms with E-state index in [0.717, 1.165) is 6.42 Å². The van der Waals surface area contributed by atoms with E-state index in [9.17, 15) is 4.79 Å². The third kappa shape index (κ3) is 4.28. The molecule has 0 bridgehead atoms. The number of hydrogen-bond acceptors (Lipinski definition) is 4. The zero-order valence-electron chi connectivity index (χ0n) is 11.5. The van der Waals surface area contributed by atoms with Gasteiger partial charge in [0.05, 0.1) is 19.3 Å². The van der Waals surface area contributed by atoms with E-state index in [4.69, 9.17) is 14.2 Å². The average Bonchev–Trinajstić information content (AvgIpc) is 2.57. The van der Waals surface area contributed by atoms with Crippen LogP contribution in [0.5, 0.6) is 0 Å². The van der Waals surface area contributed by atoms with Gasteiger partial charge in [-0.2, -0.15) is 0 Å². The molecular formula is C13H24O4. The molecule has 1 heterocycles. The average molecular weight is 244 g/mol. The summed E-state index contributed by atoms with van der Waals surface area (Å²) in [5.41, 5.74) is 0. The molecule has 1 fully saturated rings. The molecule has 0 aromatic carbocycles. The Kier molecular flexibility index (Phi) is 4.95. The Morgan fingerprint density at radius 2 is 2.18 bits per heavy atom. The van der Waals surface area contributed by atoms with Crippen molar-refractivity contribution in [3.8, 4) is 0 Å². The van der Waals surface area contributed by atoms with Crippen LogP contribution in [0.2, 0.25) is 0 Å². The van der Waals surface area contributed by atoms with Crippen molar-refractivity contribution < 1.29 is 19.0 Å². The Balaban J connectivity index is 2.50. The standard InChI is InChI=1S/C13H24O4/c1-6-11(9(2)7-15-10(3)14)12-8-16-13(4,5)17-12/h9,11-12H,6-8H2,1-5H3/t9?,11?,12-/m0/s1. The van der Waals surface area contributed by atoms with Crippen LogP contribution in [0.1, 0.15) is 41.0 Å². The SMILES string of the molecule is CCC(C(C)COC(C)=O)[C@@H]1COC(C)(C)O1. The van der Waals surface area contributed by atoms with Crippen molar-refractivity contribution >= 4 is 5.97 Å². The smallest absolute Gasteiger partial charge is 0.302 e.